The number of ether oxygens (including phenoxy) is 4. The Morgan fingerprint density at radius 3 is 2.50 bits per heavy atom. The van der Waals surface area contributed by atoms with Gasteiger partial charge in [0.15, 0.2) is 5.79 Å². The summed E-state index contributed by atoms with van der Waals surface area (Å²) in [5, 5.41) is 0. The van der Waals surface area contributed by atoms with E-state index < -0.39 is 17.5 Å². The smallest absolute Gasteiger partial charge is 0.431 e. The van der Waals surface area contributed by atoms with Crippen LogP contribution in [0.25, 0.3) is 0 Å². The summed E-state index contributed by atoms with van der Waals surface area (Å²) in [5.41, 5.74) is -0.538. The van der Waals surface area contributed by atoms with Crippen LogP contribution in [0.3, 0.4) is 0 Å². The van der Waals surface area contributed by atoms with Crippen molar-refractivity contribution in [2.75, 3.05) is 13.2 Å². The van der Waals surface area contributed by atoms with Gasteiger partial charge in [-0.05, 0) is 34.6 Å². The number of hydrogen-bond donors (Lipinski definition) is 0. The molecule has 1 aliphatic rings. The zero-order chi connectivity index (χ0) is 12.4. The van der Waals surface area contributed by atoms with Crippen molar-refractivity contribution in [3.8, 4) is 0 Å². The third kappa shape index (κ3) is 4.81. The second-order valence-electron chi connectivity index (χ2n) is 5.23. The predicted octanol–water partition coefficient (Wildman–Crippen LogP) is 2.09. The third-order valence-electron chi connectivity index (χ3n) is 1.84. The molecule has 16 heavy (non-hydrogen) atoms. The first-order valence-corrected chi connectivity index (χ1v) is 5.35. The van der Waals surface area contributed by atoms with E-state index in [1.807, 2.05) is 13.8 Å². The Balaban J connectivity index is 2.23. The van der Waals surface area contributed by atoms with Crippen LogP contribution in [0.5, 0.6) is 0 Å². The van der Waals surface area contributed by atoms with Crippen LogP contribution in [-0.2, 0) is 18.9 Å². The average Bonchev–Trinajstić information content (AvgIpc) is 2.39. The first kappa shape index (κ1) is 13.3. The predicted molar refractivity (Wildman–Crippen MR) is 57.1 cm³/mol. The second kappa shape index (κ2) is 4.59. The molecular weight excluding hydrogens is 212 g/mol. The third-order valence-corrected chi connectivity index (χ3v) is 1.84. The lowest BCUT2D eigenvalue weighted by Crippen LogP contribution is -2.28. The van der Waals surface area contributed by atoms with E-state index in [4.69, 9.17) is 18.9 Å². The summed E-state index contributed by atoms with van der Waals surface area (Å²) in [5.74, 6) is -0.595. The van der Waals surface area contributed by atoms with Gasteiger partial charge in [0.05, 0.1) is 6.61 Å². The zero-order valence-corrected chi connectivity index (χ0v) is 10.5. The van der Waals surface area contributed by atoms with Crippen molar-refractivity contribution in [2.24, 2.45) is 0 Å². The molecule has 5 nitrogen and oxygen atoms in total. The molecule has 1 atom stereocenters. The van der Waals surface area contributed by atoms with E-state index in [9.17, 15) is 4.79 Å². The maximum absolute atomic E-state index is 11.2. The Hall–Kier alpha value is -0.810. The Bertz CT molecular complexity index is 254. The molecule has 5 heteroatoms. The normalized spacial score (nSPS) is 24.2. The van der Waals surface area contributed by atoms with Gasteiger partial charge in [0.2, 0.25) is 0 Å². The van der Waals surface area contributed by atoms with Gasteiger partial charge in [0.1, 0.15) is 18.3 Å². The van der Waals surface area contributed by atoms with Gasteiger partial charge in [-0.2, -0.15) is 0 Å². The number of carbonyl (C=O) groups is 1. The molecule has 1 unspecified atom stereocenters. The Morgan fingerprint density at radius 2 is 2.06 bits per heavy atom. The Morgan fingerprint density at radius 1 is 1.44 bits per heavy atom. The van der Waals surface area contributed by atoms with Gasteiger partial charge in [-0.3, -0.25) is 0 Å². The monoisotopic (exact) mass is 232 g/mol. The fraction of sp³-hybridized carbons (Fsp3) is 0.909. The highest BCUT2D eigenvalue weighted by molar-refractivity contribution is 5.60. The maximum atomic E-state index is 11.2. The lowest BCUT2D eigenvalue weighted by Gasteiger charge is -2.20. The number of carbonyl (C=O) groups excluding carboxylic acids is 1. The van der Waals surface area contributed by atoms with Crippen LogP contribution in [0.15, 0.2) is 0 Å². The SMILES string of the molecule is CC(C)(C)OC(=O)OCC1COC(C)(C)O1. The van der Waals surface area contributed by atoms with Gasteiger partial charge < -0.3 is 18.9 Å². The summed E-state index contributed by atoms with van der Waals surface area (Å²) in [6, 6.07) is 0. The minimum absolute atomic E-state index is 0.151. The molecule has 0 spiro atoms. The van der Waals surface area contributed by atoms with Crippen LogP contribution in [0.4, 0.5) is 4.79 Å². The Kier molecular flexibility index (Phi) is 3.80. The van der Waals surface area contributed by atoms with Crippen molar-refractivity contribution in [3.63, 3.8) is 0 Å². The fourth-order valence-corrected chi connectivity index (χ4v) is 1.29. The molecule has 0 radical (unpaired) electrons. The highest BCUT2D eigenvalue weighted by Gasteiger charge is 2.33. The summed E-state index contributed by atoms with van der Waals surface area (Å²) in [6.45, 7) is 9.57. The quantitative estimate of drug-likeness (QED) is 0.682. The maximum Gasteiger partial charge on any atom is 0.508 e. The Labute approximate surface area is 96.0 Å². The van der Waals surface area contributed by atoms with Crippen LogP contribution in [0.2, 0.25) is 0 Å². The largest absolute Gasteiger partial charge is 0.508 e. The molecular formula is C11H20O5. The standard InChI is InChI=1S/C11H20O5/c1-10(2,3)16-9(12)13-6-8-7-14-11(4,5)15-8/h8H,6-7H2,1-5H3. The van der Waals surface area contributed by atoms with Gasteiger partial charge in [-0.1, -0.05) is 0 Å². The van der Waals surface area contributed by atoms with Gasteiger partial charge in [-0.15, -0.1) is 0 Å². The molecule has 0 bridgehead atoms. The van der Waals surface area contributed by atoms with E-state index in [0.29, 0.717) is 6.61 Å². The van der Waals surface area contributed by atoms with Crippen LogP contribution in [0, 0.1) is 0 Å². The number of hydrogen-bond acceptors (Lipinski definition) is 5. The molecule has 1 rings (SSSR count). The van der Waals surface area contributed by atoms with Crippen molar-refractivity contribution in [1.29, 1.82) is 0 Å². The zero-order valence-electron chi connectivity index (χ0n) is 10.5. The number of rotatable bonds is 2. The second-order valence-corrected chi connectivity index (χ2v) is 5.23. The van der Waals surface area contributed by atoms with E-state index in [-0.39, 0.29) is 12.7 Å². The molecule has 1 aliphatic heterocycles. The molecule has 0 aliphatic carbocycles. The first-order chi connectivity index (χ1) is 7.18. The van der Waals surface area contributed by atoms with E-state index in [0.717, 1.165) is 0 Å². The van der Waals surface area contributed by atoms with Gasteiger partial charge in [0, 0.05) is 0 Å². The lowest BCUT2D eigenvalue weighted by molar-refractivity contribution is -0.144. The van der Waals surface area contributed by atoms with Gasteiger partial charge in [0.25, 0.3) is 0 Å². The van der Waals surface area contributed by atoms with Crippen molar-refractivity contribution in [1.82, 2.24) is 0 Å². The summed E-state index contributed by atoms with van der Waals surface area (Å²) in [7, 11) is 0. The summed E-state index contributed by atoms with van der Waals surface area (Å²) < 4.78 is 20.7. The molecule has 1 fully saturated rings. The van der Waals surface area contributed by atoms with Crippen LogP contribution < -0.4 is 0 Å². The van der Waals surface area contributed by atoms with Crippen molar-refractivity contribution in [3.05, 3.63) is 0 Å². The summed E-state index contributed by atoms with van der Waals surface area (Å²) in [4.78, 5) is 11.2. The molecule has 1 heterocycles. The minimum atomic E-state index is -0.680. The van der Waals surface area contributed by atoms with E-state index in [1.165, 1.54) is 0 Å². The molecule has 0 saturated carbocycles. The molecule has 1 saturated heterocycles. The van der Waals surface area contributed by atoms with Crippen molar-refractivity contribution < 1.29 is 23.7 Å². The van der Waals surface area contributed by atoms with Crippen molar-refractivity contribution in [2.45, 2.75) is 52.1 Å². The van der Waals surface area contributed by atoms with Crippen LogP contribution in [0.1, 0.15) is 34.6 Å². The molecule has 0 aromatic carbocycles. The first-order valence-electron chi connectivity index (χ1n) is 5.35. The highest BCUT2D eigenvalue weighted by Crippen LogP contribution is 2.22. The molecule has 94 valence electrons. The van der Waals surface area contributed by atoms with Gasteiger partial charge in [-0.25, -0.2) is 4.79 Å². The van der Waals surface area contributed by atoms with Crippen LogP contribution in [-0.4, -0.2) is 36.9 Å². The molecule has 0 aromatic heterocycles. The van der Waals surface area contributed by atoms with Gasteiger partial charge >= 0.3 is 6.16 Å². The molecule has 0 amide bonds. The summed E-state index contributed by atoms with van der Waals surface area (Å²) >= 11 is 0. The molecule has 0 N–H and O–H groups in total. The summed E-state index contributed by atoms with van der Waals surface area (Å²) in [6.07, 6.45) is -0.900. The van der Waals surface area contributed by atoms with E-state index in [2.05, 4.69) is 0 Å². The average molecular weight is 232 g/mol. The van der Waals surface area contributed by atoms with Crippen LogP contribution >= 0.6 is 0 Å². The fourth-order valence-electron chi connectivity index (χ4n) is 1.29. The lowest BCUT2D eigenvalue weighted by atomic mass is 10.2. The highest BCUT2D eigenvalue weighted by atomic mass is 16.8. The molecule has 0 aromatic rings. The van der Waals surface area contributed by atoms with E-state index >= 15 is 0 Å². The minimum Gasteiger partial charge on any atom is -0.431 e. The van der Waals surface area contributed by atoms with Crippen molar-refractivity contribution >= 4 is 6.16 Å². The topological polar surface area (TPSA) is 54.0 Å². The van der Waals surface area contributed by atoms with E-state index in [1.54, 1.807) is 20.8 Å².